The third-order valence-corrected chi connectivity index (χ3v) is 3.49. The zero-order valence-electron chi connectivity index (χ0n) is 11.7. The predicted octanol–water partition coefficient (Wildman–Crippen LogP) is 3.64. The van der Waals surface area contributed by atoms with Crippen LogP contribution in [0.3, 0.4) is 0 Å². The minimum Gasteiger partial charge on any atom is -0.316 e. The van der Waals surface area contributed by atoms with Gasteiger partial charge in [0.25, 0.3) is 0 Å². The van der Waals surface area contributed by atoms with Crippen LogP contribution in [0.1, 0.15) is 24.6 Å². The largest absolute Gasteiger partial charge is 0.316 e. The van der Waals surface area contributed by atoms with Crippen LogP contribution in [0, 0.1) is 6.92 Å². The number of benzene rings is 1. The molecule has 0 saturated carbocycles. The molecule has 0 aliphatic heterocycles. The van der Waals surface area contributed by atoms with Gasteiger partial charge < -0.3 is 5.32 Å². The van der Waals surface area contributed by atoms with Crippen molar-refractivity contribution in [2.45, 2.75) is 33.4 Å². The Kier molecular flexibility index (Phi) is 4.61. The molecule has 0 aliphatic rings. The Balaban J connectivity index is 2.38. The van der Waals surface area contributed by atoms with Crippen molar-refractivity contribution < 1.29 is 0 Å². The highest BCUT2D eigenvalue weighted by Gasteiger charge is 2.09. The first kappa shape index (κ1) is 14.1. The van der Waals surface area contributed by atoms with Crippen LogP contribution in [0.5, 0.6) is 0 Å². The van der Waals surface area contributed by atoms with Crippen molar-refractivity contribution >= 4 is 11.6 Å². The summed E-state index contributed by atoms with van der Waals surface area (Å²) in [6.07, 6.45) is 3.21. The van der Waals surface area contributed by atoms with E-state index in [0.29, 0.717) is 0 Å². The molecular weight excluding hydrogens is 258 g/mol. The smallest absolute Gasteiger partial charge is 0.0672 e. The molecule has 0 spiro atoms. The second kappa shape index (κ2) is 6.22. The maximum absolute atomic E-state index is 6.20. The minimum atomic E-state index is 0.773. The van der Waals surface area contributed by atoms with Crippen LogP contribution < -0.4 is 5.32 Å². The lowest BCUT2D eigenvalue weighted by molar-refractivity contribution is 0.598. The topological polar surface area (TPSA) is 29.9 Å². The van der Waals surface area contributed by atoms with Gasteiger partial charge in [0.2, 0.25) is 0 Å². The van der Waals surface area contributed by atoms with Crippen LogP contribution in [-0.4, -0.2) is 16.8 Å². The van der Waals surface area contributed by atoms with Gasteiger partial charge in [-0.25, -0.2) is 0 Å². The number of rotatable bonds is 5. The minimum absolute atomic E-state index is 0.773. The van der Waals surface area contributed by atoms with Crippen molar-refractivity contribution in [3.05, 3.63) is 40.7 Å². The van der Waals surface area contributed by atoms with Gasteiger partial charge in [-0.2, -0.15) is 5.10 Å². The van der Waals surface area contributed by atoms with E-state index in [2.05, 4.69) is 35.7 Å². The van der Waals surface area contributed by atoms with E-state index in [9.17, 15) is 0 Å². The summed E-state index contributed by atoms with van der Waals surface area (Å²) in [5.74, 6) is 0. The number of halogens is 1. The molecule has 2 rings (SSSR count). The number of aromatic nitrogens is 2. The Morgan fingerprint density at radius 2 is 2.16 bits per heavy atom. The summed E-state index contributed by atoms with van der Waals surface area (Å²) in [7, 11) is 1.92. The second-order valence-electron chi connectivity index (χ2n) is 4.73. The zero-order chi connectivity index (χ0) is 13.8. The van der Waals surface area contributed by atoms with Crippen molar-refractivity contribution in [3.8, 4) is 11.1 Å². The van der Waals surface area contributed by atoms with Crippen LogP contribution in [0.15, 0.2) is 24.4 Å². The Morgan fingerprint density at radius 1 is 1.37 bits per heavy atom. The lowest BCUT2D eigenvalue weighted by Gasteiger charge is -2.06. The summed E-state index contributed by atoms with van der Waals surface area (Å²) in [6, 6.07) is 6.15. The maximum atomic E-state index is 6.20. The fourth-order valence-electron chi connectivity index (χ4n) is 2.21. The first-order valence-electron chi connectivity index (χ1n) is 6.63. The maximum Gasteiger partial charge on any atom is 0.0672 e. The van der Waals surface area contributed by atoms with Gasteiger partial charge in [-0.3, -0.25) is 4.68 Å². The van der Waals surface area contributed by atoms with Gasteiger partial charge >= 0.3 is 0 Å². The Labute approximate surface area is 119 Å². The van der Waals surface area contributed by atoms with E-state index in [1.807, 2.05) is 24.7 Å². The van der Waals surface area contributed by atoms with Crippen LogP contribution in [0.25, 0.3) is 11.1 Å². The van der Waals surface area contributed by atoms with Gasteiger partial charge in [-0.05, 0) is 43.7 Å². The van der Waals surface area contributed by atoms with Crippen LogP contribution >= 0.6 is 11.6 Å². The SMILES string of the molecule is CCCn1cc(-c2ccc(Cl)c(CNC)c2)c(C)n1. The van der Waals surface area contributed by atoms with Gasteiger partial charge in [0.05, 0.1) is 5.69 Å². The van der Waals surface area contributed by atoms with E-state index in [-0.39, 0.29) is 0 Å². The predicted molar refractivity (Wildman–Crippen MR) is 80.5 cm³/mol. The molecule has 0 amide bonds. The highest BCUT2D eigenvalue weighted by molar-refractivity contribution is 6.31. The molecule has 0 radical (unpaired) electrons. The highest BCUT2D eigenvalue weighted by atomic mass is 35.5. The quantitative estimate of drug-likeness (QED) is 0.904. The summed E-state index contributed by atoms with van der Waals surface area (Å²) in [6.45, 7) is 5.93. The molecule has 0 fully saturated rings. The third-order valence-electron chi connectivity index (χ3n) is 3.12. The first-order valence-corrected chi connectivity index (χ1v) is 7.01. The average Bonchev–Trinajstić information content (AvgIpc) is 2.74. The summed E-state index contributed by atoms with van der Waals surface area (Å²) < 4.78 is 2.01. The van der Waals surface area contributed by atoms with Crippen molar-refractivity contribution in [1.82, 2.24) is 15.1 Å². The molecule has 1 aromatic carbocycles. The zero-order valence-corrected chi connectivity index (χ0v) is 12.5. The summed E-state index contributed by atoms with van der Waals surface area (Å²) in [5.41, 5.74) is 4.53. The van der Waals surface area contributed by atoms with Gasteiger partial charge in [0, 0.05) is 29.9 Å². The van der Waals surface area contributed by atoms with E-state index in [4.69, 9.17) is 11.6 Å². The molecule has 19 heavy (non-hydrogen) atoms. The number of hydrogen-bond acceptors (Lipinski definition) is 2. The number of aryl methyl sites for hydroxylation is 2. The first-order chi connectivity index (χ1) is 9.15. The molecule has 0 unspecified atom stereocenters. The molecule has 1 N–H and O–H groups in total. The van der Waals surface area contributed by atoms with Crippen LogP contribution in [0.2, 0.25) is 5.02 Å². The monoisotopic (exact) mass is 277 g/mol. The van der Waals surface area contributed by atoms with Crippen molar-refractivity contribution in [2.75, 3.05) is 7.05 Å². The third kappa shape index (κ3) is 3.17. The van der Waals surface area contributed by atoms with Gasteiger partial charge in [0.1, 0.15) is 0 Å². The second-order valence-corrected chi connectivity index (χ2v) is 5.13. The summed E-state index contributed by atoms with van der Waals surface area (Å²) in [5, 5.41) is 8.48. The molecule has 1 aromatic heterocycles. The molecule has 4 heteroatoms. The van der Waals surface area contributed by atoms with E-state index in [0.717, 1.165) is 35.8 Å². The lowest BCUT2D eigenvalue weighted by atomic mass is 10.0. The number of hydrogen-bond donors (Lipinski definition) is 1. The molecule has 0 bridgehead atoms. The standard InChI is InChI=1S/C15H20ClN3/c1-4-7-19-10-14(11(2)18-19)12-5-6-15(16)13(8-12)9-17-3/h5-6,8,10,17H,4,7,9H2,1-3H3. The lowest BCUT2D eigenvalue weighted by Crippen LogP contribution is -2.05. The molecule has 0 atom stereocenters. The Hall–Kier alpha value is -1.32. The molecule has 1 heterocycles. The summed E-state index contributed by atoms with van der Waals surface area (Å²) >= 11 is 6.20. The van der Waals surface area contributed by atoms with Crippen LogP contribution in [-0.2, 0) is 13.1 Å². The van der Waals surface area contributed by atoms with Gasteiger partial charge in [0.15, 0.2) is 0 Å². The van der Waals surface area contributed by atoms with E-state index >= 15 is 0 Å². The normalized spacial score (nSPS) is 10.9. The van der Waals surface area contributed by atoms with Crippen molar-refractivity contribution in [3.63, 3.8) is 0 Å². The fraction of sp³-hybridized carbons (Fsp3) is 0.400. The van der Waals surface area contributed by atoms with Crippen molar-refractivity contribution in [2.24, 2.45) is 0 Å². The molecule has 3 nitrogen and oxygen atoms in total. The molecule has 0 saturated heterocycles. The Morgan fingerprint density at radius 3 is 2.84 bits per heavy atom. The molecule has 102 valence electrons. The van der Waals surface area contributed by atoms with Gasteiger partial charge in [-0.15, -0.1) is 0 Å². The highest BCUT2D eigenvalue weighted by Crippen LogP contribution is 2.27. The van der Waals surface area contributed by atoms with Gasteiger partial charge in [-0.1, -0.05) is 24.6 Å². The van der Waals surface area contributed by atoms with E-state index in [1.165, 1.54) is 11.1 Å². The number of nitrogens with one attached hydrogen (secondary N) is 1. The van der Waals surface area contributed by atoms with E-state index < -0.39 is 0 Å². The van der Waals surface area contributed by atoms with E-state index in [1.54, 1.807) is 0 Å². The van der Waals surface area contributed by atoms with Crippen molar-refractivity contribution in [1.29, 1.82) is 0 Å². The fourth-order valence-corrected chi connectivity index (χ4v) is 2.40. The molecule has 0 aliphatic carbocycles. The molecular formula is C15H20ClN3. The summed E-state index contributed by atoms with van der Waals surface area (Å²) in [4.78, 5) is 0. The average molecular weight is 278 g/mol. The molecule has 2 aromatic rings. The number of nitrogens with zero attached hydrogens (tertiary/aromatic N) is 2. The Bertz CT molecular complexity index is 561. The van der Waals surface area contributed by atoms with Crippen LogP contribution in [0.4, 0.5) is 0 Å².